The predicted molar refractivity (Wildman–Crippen MR) is 97.4 cm³/mol. The lowest BCUT2D eigenvalue weighted by molar-refractivity contribution is -0.213. The average Bonchev–Trinajstić information content (AvgIpc) is 3.46. The zero-order chi connectivity index (χ0) is 20.8. The molecule has 1 unspecified atom stereocenters. The fourth-order valence-corrected chi connectivity index (χ4v) is 4.07. The fourth-order valence-electron chi connectivity index (χ4n) is 4.07. The molecule has 1 saturated carbocycles. The number of alkyl carbamates (subject to hydrolysis) is 1. The highest BCUT2D eigenvalue weighted by atomic mass is 19.4. The molecule has 2 N–H and O–H groups in total. The Balaban J connectivity index is 1.54. The van der Waals surface area contributed by atoms with E-state index in [4.69, 9.17) is 4.74 Å². The summed E-state index contributed by atoms with van der Waals surface area (Å²) in [5, 5.41) is 10.9. The van der Waals surface area contributed by atoms with Crippen LogP contribution in [0.25, 0.3) is 11.1 Å². The Bertz CT molecular complexity index is 925. The maximum absolute atomic E-state index is 13.6. The number of hydrogen-bond acceptors (Lipinski definition) is 3. The summed E-state index contributed by atoms with van der Waals surface area (Å²) < 4.78 is 45.8. The molecule has 1 fully saturated rings. The summed E-state index contributed by atoms with van der Waals surface area (Å²) in [5.41, 5.74) is 0.443. The number of halogens is 3. The van der Waals surface area contributed by atoms with Gasteiger partial charge in [0.15, 0.2) is 0 Å². The molecule has 2 aliphatic carbocycles. The minimum absolute atomic E-state index is 0.0788. The zero-order valence-corrected chi connectivity index (χ0v) is 15.2. The highest BCUT2D eigenvalue weighted by Crippen LogP contribution is 2.49. The third kappa shape index (κ3) is 3.12. The van der Waals surface area contributed by atoms with Gasteiger partial charge < -0.3 is 9.84 Å². The second kappa shape index (κ2) is 6.79. The first kappa shape index (κ1) is 19.3. The van der Waals surface area contributed by atoms with E-state index in [1.54, 1.807) is 5.32 Å². The van der Waals surface area contributed by atoms with Gasteiger partial charge in [-0.2, -0.15) is 13.2 Å². The van der Waals surface area contributed by atoms with E-state index in [1.807, 2.05) is 48.5 Å². The van der Waals surface area contributed by atoms with Crippen LogP contribution in [0.1, 0.15) is 29.9 Å². The van der Waals surface area contributed by atoms with Crippen LogP contribution in [0.4, 0.5) is 18.0 Å². The number of rotatable bonds is 5. The summed E-state index contributed by atoms with van der Waals surface area (Å²) in [7, 11) is 0. The number of carbonyl (C=O) groups excluding carboxylic acids is 1. The number of benzene rings is 2. The van der Waals surface area contributed by atoms with Crippen molar-refractivity contribution in [2.75, 3.05) is 6.61 Å². The fraction of sp³-hybridized carbons (Fsp3) is 0.333. The SMILES string of the molecule is O=C(NC(C(=O)O)(C1CC1)C(F)(F)F)OCC1c2ccccc2-c2ccccc21. The van der Waals surface area contributed by atoms with E-state index in [2.05, 4.69) is 0 Å². The van der Waals surface area contributed by atoms with Crippen molar-refractivity contribution in [2.45, 2.75) is 30.5 Å². The van der Waals surface area contributed by atoms with Gasteiger partial charge in [0, 0.05) is 11.8 Å². The molecule has 0 saturated heterocycles. The summed E-state index contributed by atoms with van der Waals surface area (Å²) in [5.74, 6) is -3.65. The molecule has 2 aromatic rings. The van der Waals surface area contributed by atoms with E-state index in [-0.39, 0.29) is 25.4 Å². The molecular formula is C21H18F3NO4. The van der Waals surface area contributed by atoms with Gasteiger partial charge in [-0.15, -0.1) is 0 Å². The lowest BCUT2D eigenvalue weighted by atomic mass is 9.92. The zero-order valence-electron chi connectivity index (χ0n) is 15.2. The first-order chi connectivity index (χ1) is 13.8. The molecule has 8 heteroatoms. The third-order valence-electron chi connectivity index (χ3n) is 5.62. The highest BCUT2D eigenvalue weighted by Gasteiger charge is 2.69. The van der Waals surface area contributed by atoms with E-state index in [9.17, 15) is 27.9 Å². The van der Waals surface area contributed by atoms with Crippen molar-refractivity contribution in [1.29, 1.82) is 0 Å². The Morgan fingerprint density at radius 3 is 1.97 bits per heavy atom. The normalized spacial score (nSPS) is 17.8. The molecule has 0 spiro atoms. The van der Waals surface area contributed by atoms with Crippen LogP contribution >= 0.6 is 0 Å². The minimum Gasteiger partial charge on any atom is -0.479 e. The summed E-state index contributed by atoms with van der Waals surface area (Å²) in [6.07, 6.45) is -6.37. The Kier molecular flexibility index (Phi) is 4.52. The predicted octanol–water partition coefficient (Wildman–Crippen LogP) is 4.32. The summed E-state index contributed by atoms with van der Waals surface area (Å²) in [6.45, 7) is -0.196. The first-order valence-electron chi connectivity index (χ1n) is 9.19. The quantitative estimate of drug-likeness (QED) is 0.777. The maximum atomic E-state index is 13.6. The molecule has 1 atom stereocenters. The topological polar surface area (TPSA) is 75.6 Å². The molecule has 29 heavy (non-hydrogen) atoms. The monoisotopic (exact) mass is 405 g/mol. The summed E-state index contributed by atoms with van der Waals surface area (Å²) >= 11 is 0. The maximum Gasteiger partial charge on any atom is 0.422 e. The second-order valence-corrected chi connectivity index (χ2v) is 7.34. The van der Waals surface area contributed by atoms with Crippen LogP contribution in [-0.4, -0.2) is 35.5 Å². The van der Waals surface area contributed by atoms with E-state index in [0.29, 0.717) is 0 Å². The van der Waals surface area contributed by atoms with Gasteiger partial charge in [-0.1, -0.05) is 48.5 Å². The molecule has 0 heterocycles. The van der Waals surface area contributed by atoms with Gasteiger partial charge in [0.1, 0.15) is 6.61 Å². The van der Waals surface area contributed by atoms with Crippen LogP contribution in [0.3, 0.4) is 0 Å². The Labute approximate surface area is 164 Å². The number of carboxylic acid groups (broad SMARTS) is 1. The van der Waals surface area contributed by atoms with Crippen molar-refractivity contribution in [1.82, 2.24) is 5.32 Å². The first-order valence-corrected chi connectivity index (χ1v) is 9.19. The number of nitrogens with one attached hydrogen (secondary N) is 1. The van der Waals surface area contributed by atoms with Crippen LogP contribution in [0.5, 0.6) is 0 Å². The molecule has 5 nitrogen and oxygen atoms in total. The number of carbonyl (C=O) groups is 2. The van der Waals surface area contributed by atoms with Crippen molar-refractivity contribution in [3.8, 4) is 11.1 Å². The van der Waals surface area contributed by atoms with E-state index >= 15 is 0 Å². The van der Waals surface area contributed by atoms with Gasteiger partial charge in [-0.05, 0) is 35.1 Å². The highest BCUT2D eigenvalue weighted by molar-refractivity contribution is 5.86. The standard InChI is InChI=1S/C21H18F3NO4/c22-21(23,24)20(18(26)27,12-9-10-12)25-19(28)29-11-17-15-7-3-1-5-13(15)14-6-2-4-8-16(14)17/h1-8,12,17H,9-11H2,(H,25,28)(H,26,27). The summed E-state index contributed by atoms with van der Waals surface area (Å²) in [4.78, 5) is 23.7. The number of amides is 1. The second-order valence-electron chi connectivity index (χ2n) is 7.34. The average molecular weight is 405 g/mol. The van der Waals surface area contributed by atoms with Crippen molar-refractivity contribution < 1.29 is 32.6 Å². The number of carboxylic acids is 1. The number of fused-ring (bicyclic) bond motifs is 3. The smallest absolute Gasteiger partial charge is 0.422 e. The van der Waals surface area contributed by atoms with Gasteiger partial charge in [-0.25, -0.2) is 9.59 Å². The van der Waals surface area contributed by atoms with Crippen molar-refractivity contribution in [3.05, 3.63) is 59.7 Å². The van der Waals surface area contributed by atoms with Crippen LogP contribution in [0.2, 0.25) is 0 Å². The van der Waals surface area contributed by atoms with Gasteiger partial charge in [0.25, 0.3) is 0 Å². The van der Waals surface area contributed by atoms with Gasteiger partial charge >= 0.3 is 18.2 Å². The minimum atomic E-state index is -5.13. The van der Waals surface area contributed by atoms with E-state index in [0.717, 1.165) is 22.3 Å². The lowest BCUT2D eigenvalue weighted by Gasteiger charge is -2.32. The van der Waals surface area contributed by atoms with Gasteiger partial charge in [0.2, 0.25) is 5.54 Å². The Hall–Kier alpha value is -3.03. The molecule has 4 rings (SSSR count). The van der Waals surface area contributed by atoms with Crippen molar-refractivity contribution >= 4 is 12.1 Å². The Morgan fingerprint density at radius 1 is 1.00 bits per heavy atom. The molecule has 2 aromatic carbocycles. The van der Waals surface area contributed by atoms with Gasteiger partial charge in [-0.3, -0.25) is 5.32 Å². The molecular weight excluding hydrogens is 387 g/mol. The lowest BCUT2D eigenvalue weighted by Crippen LogP contribution is -2.65. The number of hydrogen-bond donors (Lipinski definition) is 2. The largest absolute Gasteiger partial charge is 0.479 e. The molecule has 152 valence electrons. The van der Waals surface area contributed by atoms with Crippen LogP contribution < -0.4 is 5.32 Å². The molecule has 2 aliphatic rings. The van der Waals surface area contributed by atoms with E-state index in [1.165, 1.54) is 0 Å². The molecule has 0 aliphatic heterocycles. The third-order valence-corrected chi connectivity index (χ3v) is 5.62. The van der Waals surface area contributed by atoms with Crippen molar-refractivity contribution in [2.24, 2.45) is 5.92 Å². The van der Waals surface area contributed by atoms with E-state index < -0.39 is 29.7 Å². The molecule has 1 amide bonds. The molecule has 0 bridgehead atoms. The van der Waals surface area contributed by atoms with Crippen molar-refractivity contribution in [3.63, 3.8) is 0 Å². The van der Waals surface area contributed by atoms with Crippen LogP contribution in [0, 0.1) is 5.92 Å². The number of ether oxygens (including phenoxy) is 1. The summed E-state index contributed by atoms with van der Waals surface area (Å²) in [6, 6.07) is 15.1. The molecule has 0 radical (unpaired) electrons. The molecule has 0 aromatic heterocycles. The number of alkyl halides is 3. The Morgan fingerprint density at radius 2 is 1.52 bits per heavy atom. The number of aliphatic carboxylic acids is 1. The van der Waals surface area contributed by atoms with Crippen LogP contribution in [-0.2, 0) is 9.53 Å². The van der Waals surface area contributed by atoms with Gasteiger partial charge in [0.05, 0.1) is 0 Å². The van der Waals surface area contributed by atoms with Crippen LogP contribution in [0.15, 0.2) is 48.5 Å².